The van der Waals surface area contributed by atoms with Gasteiger partial charge in [-0.15, -0.1) is 0 Å². The number of imide groups is 1. The number of nitrogens with one attached hydrogen (secondary N) is 1. The lowest BCUT2D eigenvalue weighted by atomic mass is 9.76. The lowest BCUT2D eigenvalue weighted by molar-refractivity contribution is -0.733. The summed E-state index contributed by atoms with van der Waals surface area (Å²) in [4.78, 5) is 42.3. The molecular formula is C22H27ClN3O3S+. The Morgan fingerprint density at radius 3 is 2.67 bits per heavy atom. The maximum atomic E-state index is 13.8. The summed E-state index contributed by atoms with van der Waals surface area (Å²) in [5, 5.41) is 5.58. The molecule has 3 aliphatic heterocycles. The van der Waals surface area contributed by atoms with Gasteiger partial charge in [-0.2, -0.15) is 11.8 Å². The van der Waals surface area contributed by atoms with Gasteiger partial charge in [0.1, 0.15) is 17.9 Å². The van der Waals surface area contributed by atoms with Gasteiger partial charge in [-0.05, 0) is 49.5 Å². The predicted octanol–water partition coefficient (Wildman–Crippen LogP) is 2.04. The molecule has 0 unspecified atom stereocenters. The Morgan fingerprint density at radius 2 is 1.97 bits per heavy atom. The normalized spacial score (nSPS) is 33.0. The first-order chi connectivity index (χ1) is 14.4. The molecule has 3 fully saturated rings. The number of thioether (sulfide) groups is 1. The van der Waals surface area contributed by atoms with E-state index in [1.54, 1.807) is 11.8 Å². The van der Waals surface area contributed by atoms with Crippen molar-refractivity contribution in [1.29, 1.82) is 0 Å². The first-order valence-corrected chi connectivity index (χ1v) is 12.5. The van der Waals surface area contributed by atoms with E-state index in [4.69, 9.17) is 11.6 Å². The minimum Gasteiger partial charge on any atom is -0.326 e. The number of likely N-dealkylation sites (tertiary alicyclic amines) is 1. The van der Waals surface area contributed by atoms with Gasteiger partial charge < -0.3 is 10.6 Å². The molecule has 4 atom stereocenters. The standard InChI is InChI=1S/C22H26ClN3O3S/c1-11-9-12(23)10-14-18(11)24-21(29)22(14)17-16(15(25-22)7-8-30-2)19(27)26(20(17)28)13-5-3-4-6-13/h9-10,13,15-17,25H,3-8H2,1-2H3,(H,24,29)/p+1/t15-,16-,17+,22+/m1/s1. The van der Waals surface area contributed by atoms with Crippen LogP contribution < -0.4 is 10.6 Å². The lowest BCUT2D eigenvalue weighted by Crippen LogP contribution is -2.99. The number of carbonyl (C=O) groups is 3. The molecule has 1 saturated carbocycles. The Morgan fingerprint density at radius 1 is 1.23 bits per heavy atom. The Bertz CT molecular complexity index is 948. The number of carbonyl (C=O) groups excluding carboxylic acids is 3. The number of halogens is 1. The van der Waals surface area contributed by atoms with Crippen LogP contribution in [-0.2, 0) is 19.9 Å². The molecule has 1 aromatic carbocycles. The third kappa shape index (κ3) is 2.64. The summed E-state index contributed by atoms with van der Waals surface area (Å²) in [6.45, 7) is 1.91. The highest BCUT2D eigenvalue weighted by molar-refractivity contribution is 7.98. The van der Waals surface area contributed by atoms with Gasteiger partial charge in [-0.25, -0.2) is 0 Å². The predicted molar refractivity (Wildman–Crippen MR) is 116 cm³/mol. The van der Waals surface area contributed by atoms with Crippen LogP contribution in [-0.4, -0.2) is 46.7 Å². The van der Waals surface area contributed by atoms with Gasteiger partial charge in [0.05, 0.1) is 5.69 Å². The number of nitrogens with two attached hydrogens (primary N) is 1. The van der Waals surface area contributed by atoms with E-state index in [2.05, 4.69) is 5.32 Å². The summed E-state index contributed by atoms with van der Waals surface area (Å²) in [5.74, 6) is -0.678. The second-order valence-electron chi connectivity index (χ2n) is 9.07. The summed E-state index contributed by atoms with van der Waals surface area (Å²) in [6.07, 6.45) is 6.65. The SMILES string of the molecule is CSCC[C@H]1[NH2+][C@]2(C(=O)Nc3c(C)cc(Cl)cc32)[C@@H]2C(=O)N(C3CCCC3)C(=O)[C@@H]21. The molecule has 6 nitrogen and oxygen atoms in total. The van der Waals surface area contributed by atoms with Crippen molar-refractivity contribution < 1.29 is 19.7 Å². The number of amides is 3. The topological polar surface area (TPSA) is 83.1 Å². The molecule has 3 N–H and O–H groups in total. The molecule has 0 radical (unpaired) electrons. The number of nitrogens with zero attached hydrogens (tertiary/aromatic N) is 1. The zero-order valence-corrected chi connectivity index (χ0v) is 18.8. The zero-order chi connectivity index (χ0) is 21.2. The Labute approximate surface area is 185 Å². The van der Waals surface area contributed by atoms with Gasteiger partial charge >= 0.3 is 0 Å². The Balaban J connectivity index is 1.65. The minimum absolute atomic E-state index is 0.0149. The van der Waals surface area contributed by atoms with Gasteiger partial charge in [-0.3, -0.25) is 19.3 Å². The van der Waals surface area contributed by atoms with Crippen LogP contribution in [0.4, 0.5) is 5.69 Å². The van der Waals surface area contributed by atoms with E-state index < -0.39 is 17.4 Å². The molecule has 0 bridgehead atoms. The van der Waals surface area contributed by atoms with Crippen LogP contribution in [0, 0.1) is 18.8 Å². The smallest absolute Gasteiger partial charge is 0.291 e. The molecule has 1 spiro atoms. The van der Waals surface area contributed by atoms with Crippen LogP contribution in [0.3, 0.4) is 0 Å². The molecular weight excluding hydrogens is 422 g/mol. The maximum absolute atomic E-state index is 13.8. The highest BCUT2D eigenvalue weighted by atomic mass is 35.5. The Kier molecular flexibility index (Phi) is 4.91. The fraction of sp³-hybridized carbons (Fsp3) is 0.591. The van der Waals surface area contributed by atoms with Crippen molar-refractivity contribution >= 4 is 46.8 Å². The summed E-state index contributed by atoms with van der Waals surface area (Å²) in [6, 6.07) is 3.52. The second kappa shape index (κ2) is 7.24. The van der Waals surface area contributed by atoms with Gasteiger partial charge in [0.2, 0.25) is 17.4 Å². The molecule has 1 aromatic rings. The number of hydrogen-bond acceptors (Lipinski definition) is 4. The van der Waals surface area contributed by atoms with E-state index in [-0.39, 0.29) is 29.8 Å². The summed E-state index contributed by atoms with van der Waals surface area (Å²) in [7, 11) is 0. The van der Waals surface area contributed by atoms with E-state index in [0.29, 0.717) is 5.02 Å². The summed E-state index contributed by atoms with van der Waals surface area (Å²) < 4.78 is 0. The summed E-state index contributed by atoms with van der Waals surface area (Å²) >= 11 is 8.10. The van der Waals surface area contributed by atoms with Crippen LogP contribution in [0.15, 0.2) is 12.1 Å². The molecule has 160 valence electrons. The second-order valence-corrected chi connectivity index (χ2v) is 10.5. The largest absolute Gasteiger partial charge is 0.326 e. The number of quaternary nitrogens is 1. The molecule has 2 saturated heterocycles. The average Bonchev–Trinajstić information content (AvgIpc) is 3.44. The van der Waals surface area contributed by atoms with Crippen molar-refractivity contribution in [3.8, 4) is 0 Å². The van der Waals surface area contributed by atoms with Crippen molar-refractivity contribution in [3.05, 3.63) is 28.3 Å². The van der Waals surface area contributed by atoms with Crippen molar-refractivity contribution in [2.45, 2.75) is 56.7 Å². The van der Waals surface area contributed by atoms with Crippen molar-refractivity contribution in [2.75, 3.05) is 17.3 Å². The van der Waals surface area contributed by atoms with Crippen LogP contribution in [0.5, 0.6) is 0 Å². The van der Waals surface area contributed by atoms with E-state index in [1.807, 2.05) is 30.6 Å². The molecule has 0 aromatic heterocycles. The Hall–Kier alpha value is -1.57. The van der Waals surface area contributed by atoms with E-state index in [0.717, 1.165) is 54.7 Å². The fourth-order valence-electron chi connectivity index (χ4n) is 6.26. The van der Waals surface area contributed by atoms with Crippen molar-refractivity contribution in [2.24, 2.45) is 11.8 Å². The third-order valence-corrected chi connectivity index (χ3v) is 8.38. The first-order valence-electron chi connectivity index (χ1n) is 10.7. The molecule has 4 aliphatic rings. The highest BCUT2D eigenvalue weighted by Gasteiger charge is 2.74. The lowest BCUT2D eigenvalue weighted by Gasteiger charge is -2.29. The number of aryl methyl sites for hydroxylation is 1. The third-order valence-electron chi connectivity index (χ3n) is 7.52. The number of rotatable bonds is 4. The molecule has 3 heterocycles. The monoisotopic (exact) mass is 448 g/mol. The molecule has 5 rings (SSSR count). The van der Waals surface area contributed by atoms with Crippen molar-refractivity contribution in [3.63, 3.8) is 0 Å². The van der Waals surface area contributed by atoms with Crippen LogP contribution >= 0.6 is 23.4 Å². The molecule has 8 heteroatoms. The number of fused-ring (bicyclic) bond motifs is 4. The zero-order valence-electron chi connectivity index (χ0n) is 17.2. The average molecular weight is 449 g/mol. The minimum atomic E-state index is -1.11. The molecule has 3 amide bonds. The van der Waals surface area contributed by atoms with Gasteiger partial charge in [0.15, 0.2) is 0 Å². The fourth-order valence-corrected chi connectivity index (χ4v) is 7.04. The van der Waals surface area contributed by atoms with Gasteiger partial charge in [-0.1, -0.05) is 24.4 Å². The molecule has 1 aliphatic carbocycles. The number of hydrogen-bond donors (Lipinski definition) is 2. The van der Waals surface area contributed by atoms with Gasteiger partial charge in [0.25, 0.3) is 5.91 Å². The maximum Gasteiger partial charge on any atom is 0.291 e. The van der Waals surface area contributed by atoms with Crippen LogP contribution in [0.2, 0.25) is 5.02 Å². The van der Waals surface area contributed by atoms with Gasteiger partial charge in [0, 0.05) is 23.0 Å². The first kappa shape index (κ1) is 20.3. The van der Waals surface area contributed by atoms with Crippen LogP contribution in [0.25, 0.3) is 0 Å². The van der Waals surface area contributed by atoms with Crippen molar-refractivity contribution in [1.82, 2.24) is 4.90 Å². The number of anilines is 1. The number of benzene rings is 1. The highest BCUT2D eigenvalue weighted by Crippen LogP contribution is 2.51. The summed E-state index contributed by atoms with van der Waals surface area (Å²) in [5.41, 5.74) is 1.27. The van der Waals surface area contributed by atoms with E-state index in [9.17, 15) is 14.4 Å². The molecule has 30 heavy (non-hydrogen) atoms. The van der Waals surface area contributed by atoms with Crippen LogP contribution in [0.1, 0.15) is 43.2 Å². The quantitative estimate of drug-likeness (QED) is 0.690. The van der Waals surface area contributed by atoms with E-state index in [1.165, 1.54) is 4.90 Å². The van der Waals surface area contributed by atoms with E-state index >= 15 is 0 Å².